The van der Waals surface area contributed by atoms with Gasteiger partial charge in [0.15, 0.2) is 0 Å². The van der Waals surface area contributed by atoms with Gasteiger partial charge in [-0.15, -0.1) is 0 Å². The number of carboxylic acids is 2. The Labute approximate surface area is 199 Å². The molecule has 2 aliphatic rings. The van der Waals surface area contributed by atoms with Crippen LogP contribution < -0.4 is 0 Å². The van der Waals surface area contributed by atoms with Crippen molar-refractivity contribution in [3.63, 3.8) is 0 Å². The predicted molar refractivity (Wildman–Crippen MR) is 114 cm³/mol. The van der Waals surface area contributed by atoms with Crippen LogP contribution in [0.4, 0.5) is 26.3 Å². The molecule has 1 aliphatic carbocycles. The lowest BCUT2D eigenvalue weighted by atomic mass is 10.00. The largest absolute Gasteiger partial charge is 0.490 e. The molecule has 0 spiro atoms. The topological polar surface area (TPSA) is 98.9 Å². The fourth-order valence-electron chi connectivity index (χ4n) is 3.70. The summed E-state index contributed by atoms with van der Waals surface area (Å²) >= 11 is 0. The Morgan fingerprint density at radius 1 is 1.09 bits per heavy atom. The van der Waals surface area contributed by atoms with E-state index in [9.17, 15) is 26.3 Å². The minimum atomic E-state index is -5.08. The first-order valence-electron chi connectivity index (χ1n) is 11.0. The fraction of sp³-hybridized carbons (Fsp3) is 0.762. The zero-order valence-electron chi connectivity index (χ0n) is 20.0. The number of hydrogen-bond acceptors (Lipinski definition) is 5. The van der Waals surface area contributed by atoms with Gasteiger partial charge in [-0.2, -0.15) is 31.4 Å². The van der Waals surface area contributed by atoms with Gasteiger partial charge in [0.25, 0.3) is 0 Å². The number of hydrogen-bond donors (Lipinski definition) is 2. The summed E-state index contributed by atoms with van der Waals surface area (Å²) in [4.78, 5) is 23.1. The molecule has 1 aliphatic heterocycles. The first-order valence-corrected chi connectivity index (χ1v) is 11.0. The van der Waals surface area contributed by atoms with Crippen LogP contribution in [-0.4, -0.2) is 92.3 Å². The molecule has 2 N–H and O–H groups in total. The second-order valence-corrected chi connectivity index (χ2v) is 8.95. The van der Waals surface area contributed by atoms with Crippen LogP contribution in [0.3, 0.4) is 0 Å². The number of alkyl halides is 6. The van der Waals surface area contributed by atoms with Gasteiger partial charge in [-0.3, -0.25) is 14.5 Å². The Bertz CT molecular complexity index is 799. The molecule has 1 saturated carbocycles. The molecule has 0 radical (unpaired) electrons. The van der Waals surface area contributed by atoms with E-state index in [4.69, 9.17) is 19.8 Å². The molecule has 1 aromatic rings. The van der Waals surface area contributed by atoms with Crippen LogP contribution in [-0.2, 0) is 23.1 Å². The molecule has 202 valence electrons. The van der Waals surface area contributed by atoms with Crippen molar-refractivity contribution in [3.8, 4) is 0 Å². The molecule has 2 atom stereocenters. The minimum absolute atomic E-state index is 0.618. The number of likely N-dealkylation sites (N-methyl/N-ethyl adjacent to an activating group) is 1. The van der Waals surface area contributed by atoms with Crippen molar-refractivity contribution in [2.24, 2.45) is 13.0 Å². The van der Waals surface area contributed by atoms with E-state index < -0.39 is 24.3 Å². The van der Waals surface area contributed by atoms with Crippen molar-refractivity contribution >= 4 is 11.9 Å². The van der Waals surface area contributed by atoms with Gasteiger partial charge in [-0.1, -0.05) is 0 Å². The van der Waals surface area contributed by atoms with E-state index in [2.05, 4.69) is 42.0 Å². The van der Waals surface area contributed by atoms with Gasteiger partial charge in [0, 0.05) is 44.5 Å². The lowest BCUT2D eigenvalue weighted by Crippen LogP contribution is -2.47. The quantitative estimate of drug-likeness (QED) is 0.557. The number of likely N-dealkylation sites (tertiary alicyclic amines) is 1. The number of carbonyl (C=O) groups is 2. The molecule has 8 nitrogen and oxygen atoms in total. The van der Waals surface area contributed by atoms with E-state index >= 15 is 0 Å². The average molecular weight is 518 g/mol. The Kier molecular flexibility index (Phi) is 11.0. The zero-order valence-corrected chi connectivity index (χ0v) is 20.0. The number of halogens is 6. The first-order chi connectivity index (χ1) is 15.9. The van der Waals surface area contributed by atoms with Gasteiger partial charge in [0.2, 0.25) is 0 Å². The summed E-state index contributed by atoms with van der Waals surface area (Å²) in [5, 5.41) is 18.6. The molecule has 0 unspecified atom stereocenters. The van der Waals surface area contributed by atoms with E-state index in [1.165, 1.54) is 37.9 Å². The Hall–Kier alpha value is -2.35. The SMILES string of the molecule is CC(C)N(C)[C@@H]1CCN(CC2CC2)[C@H]1Cc1cnn(C)c1.O=C(O)C(F)(F)F.O=C(O)C(F)(F)F. The number of nitrogens with zero attached hydrogens (tertiary/aromatic N) is 4. The molecule has 0 bridgehead atoms. The summed E-state index contributed by atoms with van der Waals surface area (Å²) in [5.74, 6) is -4.54. The molecule has 14 heteroatoms. The fourth-order valence-corrected chi connectivity index (χ4v) is 3.70. The highest BCUT2D eigenvalue weighted by atomic mass is 19.4. The second kappa shape index (κ2) is 12.6. The van der Waals surface area contributed by atoms with Crippen LogP contribution in [0.15, 0.2) is 12.4 Å². The van der Waals surface area contributed by atoms with Gasteiger partial charge < -0.3 is 10.2 Å². The molecular formula is C21H32F6N4O4. The van der Waals surface area contributed by atoms with Crippen molar-refractivity contribution in [2.75, 3.05) is 20.1 Å². The highest BCUT2D eigenvalue weighted by Gasteiger charge is 2.40. The number of aryl methyl sites for hydroxylation is 1. The van der Waals surface area contributed by atoms with E-state index in [1.807, 2.05) is 17.9 Å². The summed E-state index contributed by atoms with van der Waals surface area (Å²) in [5.41, 5.74) is 1.38. The maximum atomic E-state index is 10.6. The van der Waals surface area contributed by atoms with E-state index in [1.54, 1.807) is 0 Å². The number of aliphatic carboxylic acids is 2. The third kappa shape index (κ3) is 10.8. The number of carboxylic acid groups (broad SMARTS) is 2. The smallest absolute Gasteiger partial charge is 0.475 e. The van der Waals surface area contributed by atoms with Crippen molar-refractivity contribution in [1.29, 1.82) is 0 Å². The number of rotatable bonds is 6. The standard InChI is InChI=1S/C17H30N4.2C2HF3O2/c1-13(2)20(4)16-7-8-21(12-14-5-6-14)17(16)9-15-10-18-19(3)11-15;2*3-2(4,5)1(6)7/h10-11,13-14,16-17H,5-9,12H2,1-4H3;2*(H,6,7)/t16-,17+;;/m1../s1. The summed E-state index contributed by atoms with van der Waals surface area (Å²) in [6.07, 6.45) is -0.601. The minimum Gasteiger partial charge on any atom is -0.475 e. The van der Waals surface area contributed by atoms with E-state index in [0.717, 1.165) is 12.3 Å². The van der Waals surface area contributed by atoms with Crippen LogP contribution in [0.25, 0.3) is 0 Å². The third-order valence-corrected chi connectivity index (χ3v) is 5.84. The monoisotopic (exact) mass is 518 g/mol. The Morgan fingerprint density at radius 2 is 1.57 bits per heavy atom. The molecule has 2 heterocycles. The van der Waals surface area contributed by atoms with Gasteiger partial charge in [-0.25, -0.2) is 9.59 Å². The van der Waals surface area contributed by atoms with Crippen LogP contribution in [0.5, 0.6) is 0 Å². The van der Waals surface area contributed by atoms with Crippen LogP contribution >= 0.6 is 0 Å². The molecule has 1 saturated heterocycles. The summed E-state index contributed by atoms with van der Waals surface area (Å²) in [6.45, 7) is 7.20. The molecule has 3 rings (SSSR count). The average Bonchev–Trinajstić information content (AvgIpc) is 3.31. The van der Waals surface area contributed by atoms with Crippen LogP contribution in [0.1, 0.15) is 38.7 Å². The normalized spacial score (nSPS) is 20.8. The maximum Gasteiger partial charge on any atom is 0.490 e. The lowest BCUT2D eigenvalue weighted by molar-refractivity contribution is -0.193. The highest BCUT2D eigenvalue weighted by Crippen LogP contribution is 2.34. The third-order valence-electron chi connectivity index (χ3n) is 5.84. The van der Waals surface area contributed by atoms with Crippen molar-refractivity contribution in [3.05, 3.63) is 18.0 Å². The highest BCUT2D eigenvalue weighted by molar-refractivity contribution is 5.73. The Balaban J connectivity index is 0.000000362. The number of aromatic nitrogens is 2. The van der Waals surface area contributed by atoms with E-state index in [0.29, 0.717) is 18.1 Å². The van der Waals surface area contributed by atoms with Crippen molar-refractivity contribution < 1.29 is 46.1 Å². The van der Waals surface area contributed by atoms with Gasteiger partial charge in [0.05, 0.1) is 6.20 Å². The van der Waals surface area contributed by atoms with Gasteiger partial charge in [0.1, 0.15) is 0 Å². The molecule has 35 heavy (non-hydrogen) atoms. The predicted octanol–water partition coefficient (Wildman–Crippen LogP) is 3.42. The van der Waals surface area contributed by atoms with Crippen LogP contribution in [0.2, 0.25) is 0 Å². The van der Waals surface area contributed by atoms with Crippen molar-refractivity contribution in [1.82, 2.24) is 19.6 Å². The maximum absolute atomic E-state index is 10.6. The molecule has 0 amide bonds. The van der Waals surface area contributed by atoms with Gasteiger partial charge >= 0.3 is 24.3 Å². The molecule has 2 fully saturated rings. The lowest BCUT2D eigenvalue weighted by Gasteiger charge is -2.35. The first kappa shape index (κ1) is 30.7. The van der Waals surface area contributed by atoms with Crippen LogP contribution in [0, 0.1) is 5.92 Å². The molecular weight excluding hydrogens is 486 g/mol. The summed E-state index contributed by atoms with van der Waals surface area (Å²) in [6, 6.07) is 1.96. The zero-order chi connectivity index (χ0) is 27.1. The molecule has 1 aromatic heterocycles. The van der Waals surface area contributed by atoms with E-state index in [-0.39, 0.29) is 0 Å². The van der Waals surface area contributed by atoms with Crippen molar-refractivity contribution in [2.45, 2.75) is 70.0 Å². The second-order valence-electron chi connectivity index (χ2n) is 8.95. The Morgan fingerprint density at radius 3 is 1.91 bits per heavy atom. The molecule has 0 aromatic carbocycles. The van der Waals surface area contributed by atoms with Gasteiger partial charge in [-0.05, 0) is 58.1 Å². The summed E-state index contributed by atoms with van der Waals surface area (Å²) in [7, 11) is 4.31. The summed E-state index contributed by atoms with van der Waals surface area (Å²) < 4.78 is 65.4.